The molecule has 3 nitrogen and oxygen atoms in total. The highest BCUT2D eigenvalue weighted by atomic mass is 16.7. The van der Waals surface area contributed by atoms with Crippen LogP contribution in [0.15, 0.2) is 30.3 Å². The van der Waals surface area contributed by atoms with Crippen molar-refractivity contribution in [3.8, 4) is 0 Å². The summed E-state index contributed by atoms with van der Waals surface area (Å²) in [5, 5.41) is 0. The molecule has 1 aliphatic rings. The fourth-order valence-corrected chi connectivity index (χ4v) is 3.37. The first-order chi connectivity index (χ1) is 10.7. The molecule has 0 saturated carbocycles. The van der Waals surface area contributed by atoms with Crippen molar-refractivity contribution >= 4 is 7.12 Å². The minimum absolute atomic E-state index is 0.189. The molecule has 0 N–H and O–H groups in total. The molecule has 1 aromatic carbocycles. The van der Waals surface area contributed by atoms with E-state index >= 15 is 0 Å². The van der Waals surface area contributed by atoms with Crippen LogP contribution in [-0.2, 0) is 9.31 Å². The summed E-state index contributed by atoms with van der Waals surface area (Å²) in [5.41, 5.74) is 0.769. The number of benzene rings is 1. The van der Waals surface area contributed by atoms with Gasteiger partial charge in [0.15, 0.2) is 0 Å². The molecule has 0 spiro atoms. The maximum Gasteiger partial charge on any atom is 0.462 e. The molecule has 1 aromatic rings. The molecule has 0 aliphatic carbocycles. The Balaban J connectivity index is 2.30. The summed E-state index contributed by atoms with van der Waals surface area (Å²) < 4.78 is 12.6. The second kappa shape index (κ2) is 6.96. The number of rotatable bonds is 6. The average molecular weight is 317 g/mol. The van der Waals surface area contributed by atoms with Gasteiger partial charge in [0.05, 0.1) is 11.2 Å². The molecule has 128 valence electrons. The van der Waals surface area contributed by atoms with E-state index in [4.69, 9.17) is 9.31 Å². The van der Waals surface area contributed by atoms with Crippen molar-refractivity contribution in [2.24, 2.45) is 0 Å². The third kappa shape index (κ3) is 3.65. The molecule has 1 aliphatic heterocycles. The van der Waals surface area contributed by atoms with Gasteiger partial charge in [-0.3, -0.25) is 4.90 Å². The van der Waals surface area contributed by atoms with E-state index < -0.39 is 0 Å². The summed E-state index contributed by atoms with van der Waals surface area (Å²) in [6, 6.07) is 11.0. The third-order valence-corrected chi connectivity index (χ3v) is 5.55. The number of hydrogen-bond donors (Lipinski definition) is 0. The standard InChI is InChI=1S/C19H32BNO2/c1-8-21(9-2)17(16-13-11-10-12-14-16)15(3)20-22-18(4,5)19(6,7)23-20/h10-15,17H,8-9H2,1-7H3/t15-,17-/m1/s1. The second-order valence-corrected chi connectivity index (χ2v) is 7.56. The predicted octanol–water partition coefficient (Wildman–Crippen LogP) is 4.55. The highest BCUT2D eigenvalue weighted by Gasteiger charge is 2.54. The Morgan fingerprint density at radius 1 is 0.957 bits per heavy atom. The van der Waals surface area contributed by atoms with Crippen molar-refractivity contribution in [1.29, 1.82) is 0 Å². The zero-order valence-corrected chi connectivity index (χ0v) is 15.8. The Labute approximate surface area is 142 Å². The molecule has 1 fully saturated rings. The Kier molecular flexibility index (Phi) is 5.60. The van der Waals surface area contributed by atoms with Gasteiger partial charge < -0.3 is 9.31 Å². The van der Waals surface area contributed by atoms with Gasteiger partial charge in [-0.25, -0.2) is 0 Å². The van der Waals surface area contributed by atoms with Crippen molar-refractivity contribution in [3.63, 3.8) is 0 Å². The Bertz CT molecular complexity index is 483. The topological polar surface area (TPSA) is 21.7 Å². The molecule has 23 heavy (non-hydrogen) atoms. The van der Waals surface area contributed by atoms with Crippen LogP contribution in [0, 0.1) is 0 Å². The fraction of sp³-hybridized carbons (Fsp3) is 0.684. The molecule has 2 rings (SSSR count). The molecule has 4 heteroatoms. The number of hydrogen-bond acceptors (Lipinski definition) is 3. The van der Waals surface area contributed by atoms with Crippen molar-refractivity contribution in [2.75, 3.05) is 13.1 Å². The summed E-state index contributed by atoms with van der Waals surface area (Å²) in [4.78, 5) is 2.49. The van der Waals surface area contributed by atoms with Crippen LogP contribution in [0.1, 0.15) is 60.1 Å². The van der Waals surface area contributed by atoms with Crippen molar-refractivity contribution in [3.05, 3.63) is 35.9 Å². The first-order valence-electron chi connectivity index (χ1n) is 8.88. The minimum Gasteiger partial charge on any atom is -0.403 e. The van der Waals surface area contributed by atoms with Crippen molar-refractivity contribution in [2.45, 2.75) is 71.5 Å². The molecule has 0 amide bonds. The molecule has 1 saturated heterocycles. The van der Waals surface area contributed by atoms with Gasteiger partial charge in [-0.1, -0.05) is 51.1 Å². The minimum atomic E-state index is -0.281. The highest BCUT2D eigenvalue weighted by molar-refractivity contribution is 6.47. The maximum atomic E-state index is 6.32. The quantitative estimate of drug-likeness (QED) is 0.718. The zero-order valence-electron chi connectivity index (χ0n) is 15.8. The van der Waals surface area contributed by atoms with Crippen LogP contribution in [0.2, 0.25) is 5.82 Å². The van der Waals surface area contributed by atoms with Gasteiger partial charge in [-0.15, -0.1) is 0 Å². The number of nitrogens with zero attached hydrogens (tertiary/aromatic N) is 1. The second-order valence-electron chi connectivity index (χ2n) is 7.56. The molecule has 0 aromatic heterocycles. The van der Waals surface area contributed by atoms with Gasteiger partial charge in [0.2, 0.25) is 0 Å². The van der Waals surface area contributed by atoms with Gasteiger partial charge in [0, 0.05) is 11.9 Å². The van der Waals surface area contributed by atoms with Crippen LogP contribution in [0.3, 0.4) is 0 Å². The molecule has 0 radical (unpaired) electrons. The summed E-state index contributed by atoms with van der Waals surface area (Å²) >= 11 is 0. The van der Waals surface area contributed by atoms with E-state index in [1.54, 1.807) is 0 Å². The van der Waals surface area contributed by atoms with Crippen molar-refractivity contribution < 1.29 is 9.31 Å². The largest absolute Gasteiger partial charge is 0.462 e. The molecule has 1 heterocycles. The summed E-state index contributed by atoms with van der Waals surface area (Å²) in [7, 11) is -0.189. The van der Waals surface area contributed by atoms with Gasteiger partial charge >= 0.3 is 7.12 Å². The van der Waals surface area contributed by atoms with Crippen molar-refractivity contribution in [1.82, 2.24) is 4.90 Å². The fourth-order valence-electron chi connectivity index (χ4n) is 3.37. The maximum absolute atomic E-state index is 6.32. The SMILES string of the molecule is CCN(CC)[C@@H](c1ccccc1)[C@@H](C)B1OC(C)(C)C(C)(C)O1. The van der Waals surface area contributed by atoms with Crippen LogP contribution >= 0.6 is 0 Å². The lowest BCUT2D eigenvalue weighted by Crippen LogP contribution is -2.41. The highest BCUT2D eigenvalue weighted by Crippen LogP contribution is 2.44. The Morgan fingerprint density at radius 3 is 1.87 bits per heavy atom. The van der Waals surface area contributed by atoms with Gasteiger partial charge in [-0.05, 0) is 46.3 Å². The lowest BCUT2D eigenvalue weighted by molar-refractivity contribution is 0.00578. The molecule has 0 bridgehead atoms. The van der Waals surface area contributed by atoms with Gasteiger partial charge in [-0.2, -0.15) is 0 Å². The van der Waals surface area contributed by atoms with Gasteiger partial charge in [0.25, 0.3) is 0 Å². The molecular formula is C19H32BNO2. The van der Waals surface area contributed by atoms with Crippen LogP contribution < -0.4 is 0 Å². The van der Waals surface area contributed by atoms with E-state index in [1.165, 1.54) is 5.56 Å². The molecular weight excluding hydrogens is 285 g/mol. The van der Waals surface area contributed by atoms with Crippen LogP contribution in [0.25, 0.3) is 0 Å². The van der Waals surface area contributed by atoms with Crippen LogP contribution in [0.5, 0.6) is 0 Å². The molecule has 0 unspecified atom stereocenters. The monoisotopic (exact) mass is 317 g/mol. The molecule has 2 atom stereocenters. The first kappa shape index (κ1) is 18.5. The summed E-state index contributed by atoms with van der Waals surface area (Å²) in [6.07, 6.45) is 0. The van der Waals surface area contributed by atoms with Gasteiger partial charge in [0.1, 0.15) is 0 Å². The smallest absolute Gasteiger partial charge is 0.403 e. The van der Waals surface area contributed by atoms with Crippen LogP contribution in [-0.4, -0.2) is 36.3 Å². The normalized spacial score (nSPS) is 22.3. The summed E-state index contributed by atoms with van der Waals surface area (Å²) in [5.74, 6) is 0.248. The average Bonchev–Trinajstić information content (AvgIpc) is 2.73. The van der Waals surface area contributed by atoms with Crippen LogP contribution in [0.4, 0.5) is 0 Å². The van der Waals surface area contributed by atoms with E-state index in [0.29, 0.717) is 6.04 Å². The first-order valence-corrected chi connectivity index (χ1v) is 8.88. The lowest BCUT2D eigenvalue weighted by atomic mass is 9.66. The van der Waals surface area contributed by atoms with E-state index in [9.17, 15) is 0 Å². The Morgan fingerprint density at radius 2 is 1.43 bits per heavy atom. The van der Waals surface area contributed by atoms with E-state index in [0.717, 1.165) is 13.1 Å². The predicted molar refractivity (Wildman–Crippen MR) is 97.6 cm³/mol. The lowest BCUT2D eigenvalue weighted by Gasteiger charge is -2.35. The third-order valence-electron chi connectivity index (χ3n) is 5.55. The van der Waals surface area contributed by atoms with E-state index in [1.807, 2.05) is 0 Å². The van der Waals surface area contributed by atoms with E-state index in [2.05, 4.69) is 83.7 Å². The Hall–Kier alpha value is -0.835. The summed E-state index contributed by atoms with van der Waals surface area (Å²) in [6.45, 7) is 17.2. The zero-order chi connectivity index (χ0) is 17.3. The van der Waals surface area contributed by atoms with E-state index in [-0.39, 0.29) is 24.1 Å².